The number of anilines is 1. The van der Waals surface area contributed by atoms with Crippen LogP contribution in [0, 0.1) is 10.1 Å². The average molecular weight is 415 g/mol. The highest BCUT2D eigenvalue weighted by Gasteiger charge is 2.12. The van der Waals surface area contributed by atoms with Crippen LogP contribution >= 0.6 is 11.6 Å². The SMILES string of the molecule is O=C(CCc1ncc(-c2ccc(Cl)cc2)o1)NCCNc1ccccc1[N+](=O)[O-]. The summed E-state index contributed by atoms with van der Waals surface area (Å²) in [6.07, 6.45) is 2.22. The van der Waals surface area contributed by atoms with Crippen LogP contribution in [0.15, 0.2) is 59.1 Å². The van der Waals surface area contributed by atoms with Gasteiger partial charge in [-0.2, -0.15) is 0 Å². The summed E-state index contributed by atoms with van der Waals surface area (Å²) >= 11 is 5.87. The van der Waals surface area contributed by atoms with Gasteiger partial charge in [-0.25, -0.2) is 4.98 Å². The van der Waals surface area contributed by atoms with Gasteiger partial charge >= 0.3 is 0 Å². The van der Waals surface area contributed by atoms with E-state index in [0.717, 1.165) is 5.56 Å². The van der Waals surface area contributed by atoms with Crippen molar-refractivity contribution in [2.24, 2.45) is 0 Å². The van der Waals surface area contributed by atoms with E-state index in [2.05, 4.69) is 15.6 Å². The highest BCUT2D eigenvalue weighted by atomic mass is 35.5. The van der Waals surface area contributed by atoms with Crippen LogP contribution in [0.1, 0.15) is 12.3 Å². The maximum atomic E-state index is 12.0. The van der Waals surface area contributed by atoms with Gasteiger partial charge in [-0.1, -0.05) is 23.7 Å². The van der Waals surface area contributed by atoms with Crippen LogP contribution < -0.4 is 10.6 Å². The summed E-state index contributed by atoms with van der Waals surface area (Å²) in [6.45, 7) is 0.711. The molecule has 0 radical (unpaired) electrons. The summed E-state index contributed by atoms with van der Waals surface area (Å²) in [6, 6.07) is 13.6. The number of nitrogens with one attached hydrogen (secondary N) is 2. The number of para-hydroxylation sites is 2. The van der Waals surface area contributed by atoms with Crippen molar-refractivity contribution >= 4 is 28.9 Å². The number of carbonyl (C=O) groups excluding carboxylic acids is 1. The fourth-order valence-electron chi connectivity index (χ4n) is 2.66. The van der Waals surface area contributed by atoms with Crippen molar-refractivity contribution in [2.45, 2.75) is 12.8 Å². The number of nitrogens with zero attached hydrogens (tertiary/aromatic N) is 2. The Morgan fingerprint density at radius 3 is 2.66 bits per heavy atom. The number of nitro benzene ring substituents is 1. The fourth-order valence-corrected chi connectivity index (χ4v) is 2.79. The van der Waals surface area contributed by atoms with E-state index in [1.54, 1.807) is 36.5 Å². The predicted molar refractivity (Wildman–Crippen MR) is 110 cm³/mol. The first-order chi connectivity index (χ1) is 14.0. The molecule has 1 aromatic heterocycles. The minimum absolute atomic E-state index is 0.000730. The lowest BCUT2D eigenvalue weighted by Gasteiger charge is -2.08. The summed E-state index contributed by atoms with van der Waals surface area (Å²) in [7, 11) is 0. The molecule has 0 aliphatic carbocycles. The number of nitro groups is 1. The van der Waals surface area contributed by atoms with Gasteiger partial charge < -0.3 is 15.1 Å². The Hall–Kier alpha value is -3.39. The molecule has 1 heterocycles. The molecule has 2 aromatic carbocycles. The molecule has 0 bridgehead atoms. The largest absolute Gasteiger partial charge is 0.441 e. The number of aromatic nitrogens is 1. The fraction of sp³-hybridized carbons (Fsp3) is 0.200. The smallest absolute Gasteiger partial charge is 0.292 e. The Labute approximate surface area is 172 Å². The predicted octanol–water partition coefficient (Wildman–Crippen LogP) is 4.06. The van der Waals surface area contributed by atoms with Crippen LogP contribution in [0.2, 0.25) is 5.02 Å². The number of halogens is 1. The second-order valence-electron chi connectivity index (χ2n) is 6.18. The molecule has 0 spiro atoms. The molecular formula is C20H19ClN4O4. The Bertz CT molecular complexity index is 988. The third-order valence-electron chi connectivity index (χ3n) is 4.11. The van der Waals surface area contributed by atoms with Gasteiger partial charge in [0, 0.05) is 42.6 Å². The molecule has 1 amide bonds. The highest BCUT2D eigenvalue weighted by molar-refractivity contribution is 6.30. The van der Waals surface area contributed by atoms with Crippen molar-refractivity contribution in [1.29, 1.82) is 0 Å². The molecule has 8 nitrogen and oxygen atoms in total. The summed E-state index contributed by atoms with van der Waals surface area (Å²) in [4.78, 5) is 26.7. The third-order valence-corrected chi connectivity index (χ3v) is 4.36. The standard InChI is InChI=1S/C20H19ClN4O4/c21-15-7-5-14(6-8-15)18-13-24-20(29-18)10-9-19(26)23-12-11-22-16-3-1-2-4-17(16)25(27)28/h1-8,13,22H,9-12H2,(H,23,26). The molecule has 150 valence electrons. The molecular weight excluding hydrogens is 396 g/mol. The van der Waals surface area contributed by atoms with E-state index in [9.17, 15) is 14.9 Å². The van der Waals surface area contributed by atoms with Gasteiger partial charge in [0.05, 0.1) is 11.1 Å². The topological polar surface area (TPSA) is 110 Å². The maximum Gasteiger partial charge on any atom is 0.292 e. The Morgan fingerprint density at radius 1 is 1.14 bits per heavy atom. The minimum atomic E-state index is -0.449. The summed E-state index contributed by atoms with van der Waals surface area (Å²) in [5, 5.41) is 17.3. The molecule has 29 heavy (non-hydrogen) atoms. The second-order valence-corrected chi connectivity index (χ2v) is 6.61. The number of benzene rings is 2. The number of aryl methyl sites for hydroxylation is 1. The Morgan fingerprint density at radius 2 is 1.90 bits per heavy atom. The molecule has 0 aliphatic rings. The molecule has 0 saturated carbocycles. The third kappa shape index (κ3) is 5.79. The number of hydrogen-bond donors (Lipinski definition) is 2. The minimum Gasteiger partial charge on any atom is -0.441 e. The first-order valence-corrected chi connectivity index (χ1v) is 9.35. The molecule has 0 atom stereocenters. The first kappa shape index (κ1) is 20.3. The van der Waals surface area contributed by atoms with Crippen molar-refractivity contribution in [3.63, 3.8) is 0 Å². The zero-order valence-electron chi connectivity index (χ0n) is 15.4. The van der Waals surface area contributed by atoms with Crippen molar-refractivity contribution in [3.05, 3.63) is 75.8 Å². The first-order valence-electron chi connectivity index (χ1n) is 8.97. The van der Waals surface area contributed by atoms with Gasteiger partial charge in [0.15, 0.2) is 11.7 Å². The monoisotopic (exact) mass is 414 g/mol. The Balaban J connectivity index is 1.41. The van der Waals surface area contributed by atoms with Crippen molar-refractivity contribution in [3.8, 4) is 11.3 Å². The lowest BCUT2D eigenvalue weighted by Crippen LogP contribution is -2.29. The molecule has 0 saturated heterocycles. The Kier molecular flexibility index (Phi) is 6.80. The summed E-state index contributed by atoms with van der Waals surface area (Å²) in [5.41, 5.74) is 1.28. The van der Waals surface area contributed by atoms with E-state index in [0.29, 0.717) is 41.9 Å². The number of hydrogen-bond acceptors (Lipinski definition) is 6. The normalized spacial score (nSPS) is 10.5. The van der Waals surface area contributed by atoms with E-state index in [4.69, 9.17) is 16.0 Å². The lowest BCUT2D eigenvalue weighted by atomic mass is 10.2. The summed E-state index contributed by atoms with van der Waals surface area (Å²) in [5.74, 6) is 0.939. The van der Waals surface area contributed by atoms with E-state index >= 15 is 0 Å². The number of oxazole rings is 1. The lowest BCUT2D eigenvalue weighted by molar-refractivity contribution is -0.384. The van der Waals surface area contributed by atoms with Crippen LogP contribution in [0.5, 0.6) is 0 Å². The molecule has 3 aromatic rings. The van der Waals surface area contributed by atoms with Gasteiger partial charge in [-0.05, 0) is 30.3 Å². The van der Waals surface area contributed by atoms with Crippen LogP contribution in [0.25, 0.3) is 11.3 Å². The van der Waals surface area contributed by atoms with Crippen molar-refractivity contribution in [2.75, 3.05) is 18.4 Å². The molecule has 2 N–H and O–H groups in total. The quantitative estimate of drug-likeness (QED) is 0.310. The van der Waals surface area contributed by atoms with Crippen LogP contribution in [0.3, 0.4) is 0 Å². The van der Waals surface area contributed by atoms with Gasteiger partial charge in [-0.3, -0.25) is 14.9 Å². The zero-order chi connectivity index (χ0) is 20.6. The molecule has 3 rings (SSSR count). The maximum absolute atomic E-state index is 12.0. The van der Waals surface area contributed by atoms with Gasteiger partial charge in [-0.15, -0.1) is 0 Å². The highest BCUT2D eigenvalue weighted by Crippen LogP contribution is 2.23. The number of rotatable bonds is 9. The molecule has 9 heteroatoms. The van der Waals surface area contributed by atoms with Crippen LogP contribution in [0.4, 0.5) is 11.4 Å². The average Bonchev–Trinajstić information content (AvgIpc) is 3.19. The molecule has 0 fully saturated rings. The van der Waals surface area contributed by atoms with Crippen LogP contribution in [-0.2, 0) is 11.2 Å². The second kappa shape index (κ2) is 9.70. The van der Waals surface area contributed by atoms with Gasteiger partial charge in [0.1, 0.15) is 5.69 Å². The van der Waals surface area contributed by atoms with Crippen molar-refractivity contribution < 1.29 is 14.1 Å². The van der Waals surface area contributed by atoms with Crippen LogP contribution in [-0.4, -0.2) is 28.9 Å². The van der Waals surface area contributed by atoms with E-state index < -0.39 is 4.92 Å². The number of amides is 1. The molecule has 0 unspecified atom stereocenters. The molecule has 0 aliphatic heterocycles. The van der Waals surface area contributed by atoms with Crippen molar-refractivity contribution in [1.82, 2.24) is 10.3 Å². The number of carbonyl (C=O) groups is 1. The van der Waals surface area contributed by atoms with E-state index in [1.165, 1.54) is 6.07 Å². The van der Waals surface area contributed by atoms with Gasteiger partial charge in [0.2, 0.25) is 5.91 Å². The zero-order valence-corrected chi connectivity index (χ0v) is 16.2. The van der Waals surface area contributed by atoms with E-state index in [-0.39, 0.29) is 18.0 Å². The summed E-state index contributed by atoms with van der Waals surface area (Å²) < 4.78 is 5.67. The van der Waals surface area contributed by atoms with Gasteiger partial charge in [0.25, 0.3) is 5.69 Å². The van der Waals surface area contributed by atoms with E-state index in [1.807, 2.05) is 12.1 Å².